The monoisotopic (exact) mass is 206 g/mol. The van der Waals surface area contributed by atoms with E-state index in [9.17, 15) is 5.11 Å². The molecule has 2 heterocycles. The lowest BCUT2D eigenvalue weighted by molar-refractivity contribution is 0.0750. The molecule has 3 nitrogen and oxygen atoms in total. The van der Waals surface area contributed by atoms with Gasteiger partial charge in [0, 0.05) is 18.0 Å². The minimum absolute atomic E-state index is 0.117. The second-order valence-electron chi connectivity index (χ2n) is 3.75. The van der Waals surface area contributed by atoms with Crippen molar-refractivity contribution in [1.82, 2.24) is 9.97 Å². The van der Waals surface area contributed by atoms with Crippen molar-refractivity contribution >= 4 is 21.6 Å². The maximum absolute atomic E-state index is 9.26. The Kier molecular flexibility index (Phi) is 1.78. The Morgan fingerprint density at radius 3 is 3.00 bits per heavy atom. The molecule has 72 valence electrons. The lowest BCUT2D eigenvalue weighted by Crippen LogP contribution is -2.26. The molecular formula is C10H10N2OS. The van der Waals surface area contributed by atoms with Gasteiger partial charge in [-0.25, -0.2) is 4.98 Å². The van der Waals surface area contributed by atoms with Crippen LogP contribution in [-0.4, -0.2) is 21.2 Å². The minimum atomic E-state index is -0.117. The fourth-order valence-corrected chi connectivity index (χ4v) is 2.63. The van der Waals surface area contributed by atoms with E-state index in [2.05, 4.69) is 9.97 Å². The van der Waals surface area contributed by atoms with Crippen molar-refractivity contribution in [2.75, 3.05) is 0 Å². The van der Waals surface area contributed by atoms with Gasteiger partial charge in [-0.3, -0.25) is 4.98 Å². The minimum Gasteiger partial charge on any atom is -0.393 e. The fraction of sp³-hybridized carbons (Fsp3) is 0.400. The summed E-state index contributed by atoms with van der Waals surface area (Å²) in [5.41, 5.74) is 4.13. The number of hydrogen-bond donors (Lipinski definition) is 1. The number of nitrogens with zero attached hydrogens (tertiary/aromatic N) is 2. The zero-order valence-electron chi connectivity index (χ0n) is 7.55. The Morgan fingerprint density at radius 2 is 2.21 bits per heavy atom. The van der Waals surface area contributed by atoms with Crippen molar-refractivity contribution in [3.05, 3.63) is 23.5 Å². The highest BCUT2D eigenvalue weighted by Crippen LogP contribution is 2.39. The van der Waals surface area contributed by atoms with Crippen LogP contribution in [-0.2, 0) is 0 Å². The van der Waals surface area contributed by atoms with Crippen molar-refractivity contribution in [1.29, 1.82) is 0 Å². The van der Waals surface area contributed by atoms with E-state index in [-0.39, 0.29) is 6.10 Å². The molecule has 0 aromatic carbocycles. The zero-order valence-corrected chi connectivity index (χ0v) is 8.37. The van der Waals surface area contributed by atoms with Crippen LogP contribution >= 0.6 is 11.3 Å². The number of aliphatic hydroxyl groups excluding tert-OH is 1. The molecule has 3 rings (SSSR count). The van der Waals surface area contributed by atoms with E-state index < -0.39 is 0 Å². The van der Waals surface area contributed by atoms with E-state index in [1.807, 2.05) is 17.9 Å². The molecule has 2 aromatic heterocycles. The first-order valence-electron chi connectivity index (χ1n) is 4.70. The first kappa shape index (κ1) is 8.32. The van der Waals surface area contributed by atoms with Crippen LogP contribution in [0.25, 0.3) is 10.2 Å². The Balaban J connectivity index is 2.07. The summed E-state index contributed by atoms with van der Waals surface area (Å²) in [5.74, 6) is 0.461. The maximum atomic E-state index is 9.26. The summed E-state index contributed by atoms with van der Waals surface area (Å²) in [6, 6.07) is 0. The van der Waals surface area contributed by atoms with Crippen LogP contribution in [0.4, 0.5) is 0 Å². The first-order valence-corrected chi connectivity index (χ1v) is 5.57. The number of fused-ring (bicyclic) bond motifs is 1. The highest BCUT2D eigenvalue weighted by atomic mass is 32.1. The van der Waals surface area contributed by atoms with Gasteiger partial charge in [0.05, 0.1) is 21.8 Å². The van der Waals surface area contributed by atoms with Gasteiger partial charge in [-0.1, -0.05) is 0 Å². The average Bonchev–Trinajstić information content (AvgIpc) is 2.60. The lowest BCUT2D eigenvalue weighted by atomic mass is 9.78. The van der Waals surface area contributed by atoms with Gasteiger partial charge in [0.1, 0.15) is 0 Å². The predicted molar refractivity (Wildman–Crippen MR) is 55.4 cm³/mol. The van der Waals surface area contributed by atoms with E-state index in [1.54, 1.807) is 11.3 Å². The van der Waals surface area contributed by atoms with Gasteiger partial charge in [0.15, 0.2) is 0 Å². The van der Waals surface area contributed by atoms with Gasteiger partial charge in [-0.2, -0.15) is 0 Å². The number of aliphatic hydroxyl groups is 1. The number of hydrogen-bond acceptors (Lipinski definition) is 4. The Morgan fingerprint density at radius 1 is 1.36 bits per heavy atom. The topological polar surface area (TPSA) is 46.0 Å². The summed E-state index contributed by atoms with van der Waals surface area (Å²) < 4.78 is 1.14. The van der Waals surface area contributed by atoms with E-state index >= 15 is 0 Å². The average molecular weight is 206 g/mol. The van der Waals surface area contributed by atoms with E-state index in [1.165, 1.54) is 5.56 Å². The van der Waals surface area contributed by atoms with E-state index in [4.69, 9.17) is 0 Å². The van der Waals surface area contributed by atoms with Gasteiger partial charge < -0.3 is 5.11 Å². The summed E-state index contributed by atoms with van der Waals surface area (Å²) in [7, 11) is 0. The molecule has 0 saturated heterocycles. The molecule has 0 radical (unpaired) electrons. The van der Waals surface area contributed by atoms with E-state index in [0.717, 1.165) is 23.1 Å². The highest BCUT2D eigenvalue weighted by Gasteiger charge is 2.30. The molecule has 0 atom stereocenters. The van der Waals surface area contributed by atoms with Crippen molar-refractivity contribution in [3.63, 3.8) is 0 Å². The normalized spacial score (nSPS) is 26.4. The van der Waals surface area contributed by atoms with Gasteiger partial charge in [0.25, 0.3) is 0 Å². The first-order chi connectivity index (χ1) is 6.84. The molecule has 14 heavy (non-hydrogen) atoms. The number of aromatic nitrogens is 2. The van der Waals surface area contributed by atoms with Gasteiger partial charge >= 0.3 is 0 Å². The molecule has 1 N–H and O–H groups in total. The molecule has 1 fully saturated rings. The standard InChI is InChI=1S/C10H10N2OS/c13-7-1-6(2-7)8-3-11-4-9-10(8)12-5-14-9/h3-7,13H,1-2H2. The number of pyridine rings is 1. The summed E-state index contributed by atoms with van der Waals surface area (Å²) in [4.78, 5) is 8.55. The largest absolute Gasteiger partial charge is 0.393 e. The Hall–Kier alpha value is -1.00. The van der Waals surface area contributed by atoms with Gasteiger partial charge in [0.2, 0.25) is 0 Å². The SMILES string of the molecule is OC1CC(c2cncc3scnc23)C1. The second kappa shape index (κ2) is 3.00. The summed E-state index contributed by atoms with van der Waals surface area (Å²) >= 11 is 1.62. The molecule has 0 spiro atoms. The third-order valence-corrected chi connectivity index (χ3v) is 3.59. The molecule has 0 bridgehead atoms. The Labute approximate surface area is 85.4 Å². The third kappa shape index (κ3) is 1.14. The predicted octanol–water partition coefficient (Wildman–Crippen LogP) is 1.93. The smallest absolute Gasteiger partial charge is 0.0877 e. The highest BCUT2D eigenvalue weighted by molar-refractivity contribution is 7.16. The van der Waals surface area contributed by atoms with Crippen molar-refractivity contribution < 1.29 is 5.11 Å². The maximum Gasteiger partial charge on any atom is 0.0877 e. The zero-order chi connectivity index (χ0) is 9.54. The van der Waals surface area contributed by atoms with Crippen LogP contribution in [0, 0.1) is 0 Å². The van der Waals surface area contributed by atoms with Gasteiger partial charge in [-0.05, 0) is 18.8 Å². The molecule has 1 aliphatic rings. The number of thiazole rings is 1. The molecular weight excluding hydrogens is 196 g/mol. The van der Waals surface area contributed by atoms with Crippen LogP contribution in [0.3, 0.4) is 0 Å². The molecule has 1 aliphatic carbocycles. The van der Waals surface area contributed by atoms with Crippen LogP contribution in [0.5, 0.6) is 0 Å². The lowest BCUT2D eigenvalue weighted by Gasteiger charge is -2.31. The Bertz CT molecular complexity index is 462. The second-order valence-corrected chi connectivity index (χ2v) is 4.64. The van der Waals surface area contributed by atoms with Crippen molar-refractivity contribution in [2.24, 2.45) is 0 Å². The quantitative estimate of drug-likeness (QED) is 0.775. The summed E-state index contributed by atoms with van der Waals surface area (Å²) in [6.07, 6.45) is 5.34. The molecule has 0 unspecified atom stereocenters. The molecule has 4 heteroatoms. The van der Waals surface area contributed by atoms with Crippen LogP contribution < -0.4 is 0 Å². The fourth-order valence-electron chi connectivity index (χ4n) is 1.95. The van der Waals surface area contributed by atoms with Crippen LogP contribution in [0.15, 0.2) is 17.9 Å². The van der Waals surface area contributed by atoms with Crippen molar-refractivity contribution in [2.45, 2.75) is 24.9 Å². The third-order valence-electron chi connectivity index (χ3n) is 2.83. The molecule has 0 amide bonds. The van der Waals surface area contributed by atoms with Gasteiger partial charge in [-0.15, -0.1) is 11.3 Å². The summed E-state index contributed by atoms with van der Waals surface area (Å²) in [6.45, 7) is 0. The van der Waals surface area contributed by atoms with Crippen LogP contribution in [0.1, 0.15) is 24.3 Å². The molecule has 2 aromatic rings. The summed E-state index contributed by atoms with van der Waals surface area (Å²) in [5, 5.41) is 9.26. The van der Waals surface area contributed by atoms with E-state index in [0.29, 0.717) is 5.92 Å². The van der Waals surface area contributed by atoms with Crippen molar-refractivity contribution in [3.8, 4) is 0 Å². The molecule has 1 saturated carbocycles. The molecule has 0 aliphatic heterocycles. The number of rotatable bonds is 1. The van der Waals surface area contributed by atoms with Crippen LogP contribution in [0.2, 0.25) is 0 Å².